The summed E-state index contributed by atoms with van der Waals surface area (Å²) in [4.78, 5) is 2.33. The average Bonchev–Trinajstić information content (AvgIpc) is 2.53. The summed E-state index contributed by atoms with van der Waals surface area (Å²) in [6, 6.07) is 3.72. The lowest BCUT2D eigenvalue weighted by Crippen LogP contribution is -2.26. The topological polar surface area (TPSA) is 16.4 Å². The molecule has 0 bridgehead atoms. The van der Waals surface area contributed by atoms with Crippen LogP contribution in [-0.4, -0.2) is 18.0 Å². The second-order valence-corrected chi connectivity index (χ2v) is 3.57. The molecule has 0 fully saturated rings. The highest BCUT2D eigenvalue weighted by Crippen LogP contribution is 2.15. The molecule has 0 atom stereocenters. The van der Waals surface area contributed by atoms with Crippen molar-refractivity contribution in [2.24, 2.45) is 0 Å². The van der Waals surface area contributed by atoms with Crippen LogP contribution in [0.4, 0.5) is 0 Å². The third kappa shape index (κ3) is 2.36. The largest absolute Gasteiger partial charge is 0.448 e. The number of rotatable bonds is 2. The molecule has 70 valence electrons. The zero-order valence-electron chi connectivity index (χ0n) is 7.37. The second kappa shape index (κ2) is 3.99. The fourth-order valence-electron chi connectivity index (χ4n) is 1.49. The second-order valence-electron chi connectivity index (χ2n) is 3.20. The molecule has 1 aromatic rings. The van der Waals surface area contributed by atoms with Crippen LogP contribution in [-0.2, 0) is 6.54 Å². The van der Waals surface area contributed by atoms with Crippen LogP contribution in [0.5, 0.6) is 0 Å². The van der Waals surface area contributed by atoms with Crippen LogP contribution in [0.3, 0.4) is 0 Å². The van der Waals surface area contributed by atoms with Gasteiger partial charge in [0.2, 0.25) is 0 Å². The van der Waals surface area contributed by atoms with Gasteiger partial charge in [-0.2, -0.15) is 0 Å². The first-order chi connectivity index (χ1) is 6.34. The van der Waals surface area contributed by atoms with Crippen molar-refractivity contribution in [1.29, 1.82) is 0 Å². The SMILES string of the molecule is Clc1ccc(CN2CC=CCC2)o1. The van der Waals surface area contributed by atoms with E-state index in [0.717, 1.165) is 31.8 Å². The molecule has 0 aromatic carbocycles. The minimum absolute atomic E-state index is 0.475. The molecular weight excluding hydrogens is 186 g/mol. The van der Waals surface area contributed by atoms with Crippen molar-refractivity contribution in [3.8, 4) is 0 Å². The molecule has 3 heteroatoms. The zero-order valence-corrected chi connectivity index (χ0v) is 8.13. The molecule has 2 heterocycles. The summed E-state index contributed by atoms with van der Waals surface area (Å²) in [5.41, 5.74) is 0. The number of nitrogens with zero attached hydrogens (tertiary/aromatic N) is 1. The van der Waals surface area contributed by atoms with Gasteiger partial charge in [-0.25, -0.2) is 0 Å². The van der Waals surface area contributed by atoms with E-state index < -0.39 is 0 Å². The first kappa shape index (κ1) is 8.85. The molecular formula is C10H12ClNO. The van der Waals surface area contributed by atoms with Gasteiger partial charge in [0.25, 0.3) is 0 Å². The predicted octanol–water partition coefficient (Wildman–Crippen LogP) is 2.69. The van der Waals surface area contributed by atoms with Crippen LogP contribution < -0.4 is 0 Å². The van der Waals surface area contributed by atoms with Gasteiger partial charge in [0.15, 0.2) is 5.22 Å². The molecule has 0 aliphatic carbocycles. The van der Waals surface area contributed by atoms with Crippen molar-refractivity contribution in [2.45, 2.75) is 13.0 Å². The van der Waals surface area contributed by atoms with Gasteiger partial charge in [-0.3, -0.25) is 4.90 Å². The Bertz CT molecular complexity index is 306. The zero-order chi connectivity index (χ0) is 9.10. The number of hydrogen-bond donors (Lipinski definition) is 0. The van der Waals surface area contributed by atoms with Crippen LogP contribution in [0.25, 0.3) is 0 Å². The van der Waals surface area contributed by atoms with E-state index in [1.165, 1.54) is 0 Å². The molecule has 0 spiro atoms. The van der Waals surface area contributed by atoms with Crippen molar-refractivity contribution in [3.05, 3.63) is 35.3 Å². The highest BCUT2D eigenvalue weighted by molar-refractivity contribution is 6.28. The molecule has 0 amide bonds. The van der Waals surface area contributed by atoms with Gasteiger partial charge in [-0.05, 0) is 30.2 Å². The lowest BCUT2D eigenvalue weighted by molar-refractivity contribution is 0.265. The molecule has 1 aliphatic heterocycles. The molecule has 2 rings (SSSR count). The summed E-state index contributed by atoms with van der Waals surface area (Å²) in [5.74, 6) is 0.945. The van der Waals surface area contributed by atoms with Crippen LogP contribution in [0.15, 0.2) is 28.7 Å². The van der Waals surface area contributed by atoms with Crippen LogP contribution >= 0.6 is 11.6 Å². The normalized spacial score (nSPS) is 17.9. The highest BCUT2D eigenvalue weighted by Gasteiger charge is 2.08. The van der Waals surface area contributed by atoms with Crippen molar-refractivity contribution in [3.63, 3.8) is 0 Å². The molecule has 0 saturated carbocycles. The molecule has 0 radical (unpaired) electrons. The maximum atomic E-state index is 5.68. The third-order valence-corrected chi connectivity index (χ3v) is 2.35. The summed E-state index contributed by atoms with van der Waals surface area (Å²) >= 11 is 5.68. The van der Waals surface area contributed by atoms with Gasteiger partial charge < -0.3 is 4.42 Å². The summed E-state index contributed by atoms with van der Waals surface area (Å²) in [7, 11) is 0. The smallest absolute Gasteiger partial charge is 0.193 e. The fourth-order valence-corrected chi connectivity index (χ4v) is 1.65. The molecule has 1 aliphatic rings. The van der Waals surface area contributed by atoms with Crippen molar-refractivity contribution in [2.75, 3.05) is 13.1 Å². The van der Waals surface area contributed by atoms with Gasteiger partial charge in [0.1, 0.15) is 5.76 Å². The Kier molecular flexibility index (Phi) is 2.71. The Balaban J connectivity index is 1.94. The fraction of sp³-hybridized carbons (Fsp3) is 0.400. The highest BCUT2D eigenvalue weighted by atomic mass is 35.5. The standard InChI is InChI=1S/C10H12ClNO/c11-10-5-4-9(13-10)8-12-6-2-1-3-7-12/h1-2,4-5H,3,6-8H2. The minimum atomic E-state index is 0.475. The molecule has 1 aromatic heterocycles. The quantitative estimate of drug-likeness (QED) is 0.678. The Morgan fingerprint density at radius 2 is 2.31 bits per heavy atom. The van der Waals surface area contributed by atoms with Crippen LogP contribution in [0, 0.1) is 0 Å². The summed E-state index contributed by atoms with van der Waals surface area (Å²) < 4.78 is 5.29. The van der Waals surface area contributed by atoms with Gasteiger partial charge in [0.05, 0.1) is 6.54 Å². The summed E-state index contributed by atoms with van der Waals surface area (Å²) in [6.45, 7) is 2.98. The van der Waals surface area contributed by atoms with E-state index in [1.807, 2.05) is 6.07 Å². The van der Waals surface area contributed by atoms with Crippen molar-refractivity contribution >= 4 is 11.6 Å². The predicted molar refractivity (Wildman–Crippen MR) is 52.8 cm³/mol. The van der Waals surface area contributed by atoms with Crippen molar-refractivity contribution < 1.29 is 4.42 Å². The van der Waals surface area contributed by atoms with Gasteiger partial charge in [0, 0.05) is 13.1 Å². The first-order valence-corrected chi connectivity index (χ1v) is 4.84. The summed E-state index contributed by atoms with van der Waals surface area (Å²) in [6.07, 6.45) is 5.54. The van der Waals surface area contributed by atoms with E-state index >= 15 is 0 Å². The monoisotopic (exact) mass is 197 g/mol. The first-order valence-electron chi connectivity index (χ1n) is 4.46. The van der Waals surface area contributed by atoms with E-state index in [2.05, 4.69) is 17.1 Å². The summed E-state index contributed by atoms with van der Waals surface area (Å²) in [5, 5.41) is 0.475. The van der Waals surface area contributed by atoms with Gasteiger partial charge in [-0.1, -0.05) is 12.2 Å². The van der Waals surface area contributed by atoms with Crippen LogP contribution in [0.2, 0.25) is 5.22 Å². The van der Waals surface area contributed by atoms with E-state index in [4.69, 9.17) is 16.0 Å². The molecule has 0 saturated heterocycles. The van der Waals surface area contributed by atoms with E-state index in [9.17, 15) is 0 Å². The number of hydrogen-bond acceptors (Lipinski definition) is 2. The minimum Gasteiger partial charge on any atom is -0.448 e. The van der Waals surface area contributed by atoms with Crippen molar-refractivity contribution in [1.82, 2.24) is 4.90 Å². The molecule has 13 heavy (non-hydrogen) atoms. The van der Waals surface area contributed by atoms with E-state index in [-0.39, 0.29) is 0 Å². The van der Waals surface area contributed by atoms with Gasteiger partial charge >= 0.3 is 0 Å². The third-order valence-electron chi connectivity index (χ3n) is 2.15. The Morgan fingerprint density at radius 1 is 1.38 bits per heavy atom. The Labute approximate surface area is 82.8 Å². The molecule has 0 unspecified atom stereocenters. The van der Waals surface area contributed by atoms with Gasteiger partial charge in [-0.15, -0.1) is 0 Å². The van der Waals surface area contributed by atoms with Crippen LogP contribution in [0.1, 0.15) is 12.2 Å². The van der Waals surface area contributed by atoms with E-state index in [1.54, 1.807) is 6.07 Å². The number of halogens is 1. The average molecular weight is 198 g/mol. The lowest BCUT2D eigenvalue weighted by Gasteiger charge is -2.21. The lowest BCUT2D eigenvalue weighted by atomic mass is 10.2. The molecule has 0 N–H and O–H groups in total. The van der Waals surface area contributed by atoms with E-state index in [0.29, 0.717) is 5.22 Å². The maximum Gasteiger partial charge on any atom is 0.193 e. The Morgan fingerprint density at radius 3 is 2.92 bits per heavy atom. The molecule has 2 nitrogen and oxygen atoms in total. The number of furan rings is 1. The maximum absolute atomic E-state index is 5.68. The Hall–Kier alpha value is -0.730.